The summed E-state index contributed by atoms with van der Waals surface area (Å²) in [7, 11) is 0. The van der Waals surface area contributed by atoms with Crippen molar-refractivity contribution < 1.29 is 0 Å². The molecule has 0 bridgehead atoms. The van der Waals surface area contributed by atoms with E-state index in [1.165, 1.54) is 16.7 Å². The zero-order valence-corrected chi connectivity index (χ0v) is 13.7. The van der Waals surface area contributed by atoms with Gasteiger partial charge < -0.3 is 5.32 Å². The van der Waals surface area contributed by atoms with E-state index in [0.29, 0.717) is 6.04 Å². The second-order valence-corrected chi connectivity index (χ2v) is 5.88. The van der Waals surface area contributed by atoms with Gasteiger partial charge in [-0.1, -0.05) is 68.3 Å². The largest absolute Gasteiger partial charge is 0.306 e. The Morgan fingerprint density at radius 3 is 2.10 bits per heavy atom. The molecule has 2 rings (SSSR count). The van der Waals surface area contributed by atoms with Crippen LogP contribution >= 0.6 is 11.6 Å². The molecule has 2 aromatic rings. The molecule has 0 aliphatic rings. The van der Waals surface area contributed by atoms with Gasteiger partial charge in [-0.3, -0.25) is 0 Å². The predicted molar refractivity (Wildman–Crippen MR) is 91.8 cm³/mol. The highest BCUT2D eigenvalue weighted by Gasteiger charge is 2.09. The molecule has 1 nitrogen and oxygen atoms in total. The van der Waals surface area contributed by atoms with Crippen LogP contribution in [0.1, 0.15) is 49.4 Å². The van der Waals surface area contributed by atoms with Crippen molar-refractivity contribution in [3.63, 3.8) is 0 Å². The number of benzene rings is 2. The Morgan fingerprint density at radius 2 is 1.52 bits per heavy atom. The van der Waals surface area contributed by atoms with Crippen LogP contribution in [0.15, 0.2) is 48.5 Å². The van der Waals surface area contributed by atoms with Crippen LogP contribution in [0.4, 0.5) is 0 Å². The van der Waals surface area contributed by atoms with Crippen LogP contribution in [0, 0.1) is 0 Å². The molecule has 0 radical (unpaired) electrons. The zero-order valence-electron chi connectivity index (χ0n) is 12.9. The van der Waals surface area contributed by atoms with Gasteiger partial charge in [0, 0.05) is 17.6 Å². The highest BCUT2D eigenvalue weighted by Crippen LogP contribution is 2.21. The molecule has 2 heteroatoms. The van der Waals surface area contributed by atoms with E-state index in [1.807, 2.05) is 12.1 Å². The molecular weight excluding hydrogens is 278 g/mol. The number of halogens is 1. The highest BCUT2D eigenvalue weighted by molar-refractivity contribution is 6.30. The van der Waals surface area contributed by atoms with Gasteiger partial charge in [-0.2, -0.15) is 0 Å². The lowest BCUT2D eigenvalue weighted by molar-refractivity contribution is 0.493. The van der Waals surface area contributed by atoms with E-state index in [0.717, 1.165) is 30.8 Å². The van der Waals surface area contributed by atoms with Crippen molar-refractivity contribution in [2.24, 2.45) is 0 Å². The summed E-state index contributed by atoms with van der Waals surface area (Å²) >= 11 is 5.97. The van der Waals surface area contributed by atoms with E-state index in [4.69, 9.17) is 11.6 Å². The zero-order chi connectivity index (χ0) is 15.1. The Balaban J connectivity index is 2.00. The molecule has 0 amide bonds. The molecule has 0 heterocycles. The van der Waals surface area contributed by atoms with Gasteiger partial charge in [0.05, 0.1) is 0 Å². The van der Waals surface area contributed by atoms with E-state index < -0.39 is 0 Å². The first-order valence-corrected chi connectivity index (χ1v) is 8.17. The number of rotatable bonds is 7. The Hall–Kier alpha value is -1.31. The Bertz CT molecular complexity index is 530. The monoisotopic (exact) mass is 301 g/mol. The smallest absolute Gasteiger partial charge is 0.0406 e. The summed E-state index contributed by atoms with van der Waals surface area (Å²) in [5.74, 6) is 0. The Kier molecular flexibility index (Phi) is 6.28. The summed E-state index contributed by atoms with van der Waals surface area (Å²) in [5, 5.41) is 4.46. The van der Waals surface area contributed by atoms with Crippen molar-refractivity contribution in [1.29, 1.82) is 0 Å². The fraction of sp³-hybridized carbons (Fsp3) is 0.368. The molecule has 2 aromatic carbocycles. The first-order chi connectivity index (χ1) is 10.2. The molecule has 1 unspecified atom stereocenters. The van der Waals surface area contributed by atoms with Gasteiger partial charge in [0.1, 0.15) is 0 Å². The molecule has 0 saturated heterocycles. The second-order valence-electron chi connectivity index (χ2n) is 5.44. The summed E-state index contributed by atoms with van der Waals surface area (Å²) < 4.78 is 0. The Morgan fingerprint density at radius 1 is 0.905 bits per heavy atom. The van der Waals surface area contributed by atoms with E-state index >= 15 is 0 Å². The van der Waals surface area contributed by atoms with Crippen LogP contribution in [0.3, 0.4) is 0 Å². The first kappa shape index (κ1) is 16.1. The maximum Gasteiger partial charge on any atom is 0.0406 e. The van der Waals surface area contributed by atoms with E-state index in [9.17, 15) is 0 Å². The van der Waals surface area contributed by atoms with E-state index in [2.05, 4.69) is 55.6 Å². The fourth-order valence-electron chi connectivity index (χ4n) is 2.50. The summed E-state index contributed by atoms with van der Waals surface area (Å²) in [5.41, 5.74) is 4.04. The maximum atomic E-state index is 5.97. The lowest BCUT2D eigenvalue weighted by atomic mass is 10.0. The van der Waals surface area contributed by atoms with Crippen molar-refractivity contribution >= 4 is 11.6 Å². The van der Waals surface area contributed by atoms with Crippen LogP contribution in [0.25, 0.3) is 0 Å². The average molecular weight is 302 g/mol. The van der Waals surface area contributed by atoms with Crippen LogP contribution in [-0.4, -0.2) is 0 Å². The van der Waals surface area contributed by atoms with Crippen molar-refractivity contribution in [2.75, 3.05) is 0 Å². The molecule has 112 valence electrons. The number of hydrogen-bond donors (Lipinski definition) is 1. The fourth-order valence-corrected chi connectivity index (χ4v) is 2.63. The third-order valence-corrected chi connectivity index (χ3v) is 4.09. The normalized spacial score (nSPS) is 12.3. The molecule has 0 aliphatic carbocycles. The minimum absolute atomic E-state index is 0.387. The lowest BCUT2D eigenvalue weighted by Crippen LogP contribution is -2.20. The number of hydrogen-bond acceptors (Lipinski definition) is 1. The molecule has 0 fully saturated rings. The van der Waals surface area contributed by atoms with Crippen LogP contribution in [0.5, 0.6) is 0 Å². The van der Waals surface area contributed by atoms with Gasteiger partial charge in [-0.05, 0) is 41.7 Å². The van der Waals surface area contributed by atoms with Crippen molar-refractivity contribution in [3.8, 4) is 0 Å². The van der Waals surface area contributed by atoms with Crippen molar-refractivity contribution in [1.82, 2.24) is 5.32 Å². The third-order valence-electron chi connectivity index (χ3n) is 3.83. The summed E-state index contributed by atoms with van der Waals surface area (Å²) in [6, 6.07) is 17.4. The van der Waals surface area contributed by atoms with Crippen molar-refractivity contribution in [3.05, 3.63) is 70.2 Å². The van der Waals surface area contributed by atoms with Gasteiger partial charge in [-0.15, -0.1) is 0 Å². The average Bonchev–Trinajstić information content (AvgIpc) is 2.53. The number of nitrogens with one attached hydrogen (secondary N) is 1. The number of aryl methyl sites for hydroxylation is 1. The lowest BCUT2D eigenvalue weighted by Gasteiger charge is -2.19. The summed E-state index contributed by atoms with van der Waals surface area (Å²) in [4.78, 5) is 0. The summed E-state index contributed by atoms with van der Waals surface area (Å²) in [6.45, 7) is 5.31. The van der Waals surface area contributed by atoms with Gasteiger partial charge in [0.2, 0.25) is 0 Å². The first-order valence-electron chi connectivity index (χ1n) is 7.79. The van der Waals surface area contributed by atoms with Crippen molar-refractivity contribution in [2.45, 2.75) is 45.7 Å². The standard InChI is InChI=1S/C19H24ClN/c1-3-5-19(17-10-12-18(20)13-11-17)21-14-16-8-6-15(4-2)7-9-16/h6-13,19,21H,3-5,14H2,1-2H3. The van der Waals surface area contributed by atoms with Gasteiger partial charge >= 0.3 is 0 Å². The molecule has 0 aromatic heterocycles. The van der Waals surface area contributed by atoms with Crippen LogP contribution in [0.2, 0.25) is 5.02 Å². The predicted octanol–water partition coefficient (Wildman–Crippen LogP) is 5.53. The van der Waals surface area contributed by atoms with Gasteiger partial charge in [0.25, 0.3) is 0 Å². The molecule has 1 atom stereocenters. The quantitative estimate of drug-likeness (QED) is 0.708. The molecule has 1 N–H and O–H groups in total. The van der Waals surface area contributed by atoms with Crippen LogP contribution < -0.4 is 5.32 Å². The molecule has 0 spiro atoms. The molecule has 21 heavy (non-hydrogen) atoms. The minimum Gasteiger partial charge on any atom is -0.306 e. The third kappa shape index (κ3) is 4.87. The topological polar surface area (TPSA) is 12.0 Å². The maximum absolute atomic E-state index is 5.97. The highest BCUT2D eigenvalue weighted by atomic mass is 35.5. The summed E-state index contributed by atoms with van der Waals surface area (Å²) in [6.07, 6.45) is 3.39. The van der Waals surface area contributed by atoms with Gasteiger partial charge in [0.15, 0.2) is 0 Å². The van der Waals surface area contributed by atoms with Gasteiger partial charge in [-0.25, -0.2) is 0 Å². The molecule has 0 aliphatic heterocycles. The second kappa shape index (κ2) is 8.21. The SMILES string of the molecule is CCCC(NCc1ccc(CC)cc1)c1ccc(Cl)cc1. The minimum atomic E-state index is 0.387. The van der Waals surface area contributed by atoms with Crippen LogP contribution in [-0.2, 0) is 13.0 Å². The van der Waals surface area contributed by atoms with E-state index in [-0.39, 0.29) is 0 Å². The molecule has 0 saturated carbocycles. The Labute approximate surface area is 133 Å². The van der Waals surface area contributed by atoms with E-state index in [1.54, 1.807) is 0 Å². The molecular formula is C19H24ClN.